The Bertz CT molecular complexity index is 2190. The molecule has 70 heavy (non-hydrogen) atoms. The number of rotatable bonds is 12. The minimum atomic E-state index is -0.645. The monoisotopic (exact) mass is 987 g/mol. The molecule has 2 saturated carbocycles. The van der Waals surface area contributed by atoms with Crippen molar-refractivity contribution in [2.24, 2.45) is 38.5 Å². The Labute approximate surface area is 426 Å². The second-order valence-electron chi connectivity index (χ2n) is 25.9. The number of nitrogens with zero attached hydrogens (tertiary/aromatic N) is 3. The Morgan fingerprint density at radius 3 is 1.34 bits per heavy atom. The van der Waals surface area contributed by atoms with Crippen molar-refractivity contribution in [3.8, 4) is 0 Å². The zero-order valence-corrected chi connectivity index (χ0v) is 46.4. The van der Waals surface area contributed by atoms with E-state index in [9.17, 15) is 24.0 Å². The zero-order chi connectivity index (χ0) is 52.4. The van der Waals surface area contributed by atoms with E-state index in [4.69, 9.17) is 26.1 Å². The molecule has 1 saturated heterocycles. The van der Waals surface area contributed by atoms with Gasteiger partial charge in [0.05, 0.1) is 35.4 Å². The number of carbonyl (C=O) groups excluding carboxylic acids is 5. The summed E-state index contributed by atoms with van der Waals surface area (Å²) in [6.45, 7) is 34.2. The van der Waals surface area contributed by atoms with Crippen LogP contribution in [0.1, 0.15) is 232 Å². The summed E-state index contributed by atoms with van der Waals surface area (Å²) < 4.78 is 10.7. The fourth-order valence-corrected chi connectivity index (χ4v) is 11.2. The molecule has 11 nitrogen and oxygen atoms in total. The molecule has 4 aliphatic rings. The van der Waals surface area contributed by atoms with Gasteiger partial charge in [0, 0.05) is 0 Å². The second kappa shape index (κ2) is 21.8. The quantitative estimate of drug-likeness (QED) is 0.165. The molecule has 0 aromatic heterocycles. The number of nitrogens with one attached hydrogen (secondary N) is 1. The first-order chi connectivity index (χ1) is 32.3. The third-order valence-corrected chi connectivity index (χ3v) is 15.4. The first-order valence-corrected chi connectivity index (χ1v) is 26.5. The predicted molar refractivity (Wildman–Crippen MR) is 280 cm³/mol. The van der Waals surface area contributed by atoms with Crippen molar-refractivity contribution >= 4 is 46.4 Å². The van der Waals surface area contributed by atoms with Crippen LogP contribution in [0.15, 0.2) is 53.5 Å². The van der Waals surface area contributed by atoms with Gasteiger partial charge in [-0.2, -0.15) is 0 Å². The Morgan fingerprint density at radius 2 is 0.986 bits per heavy atom. The topological polar surface area (TPSA) is 135 Å². The Morgan fingerprint density at radius 1 is 0.614 bits per heavy atom. The number of halogens is 1. The molecule has 1 N–H and O–H groups in total. The second-order valence-corrected chi connectivity index (χ2v) is 26.2. The van der Waals surface area contributed by atoms with Gasteiger partial charge in [-0.3, -0.25) is 14.4 Å². The summed E-state index contributed by atoms with van der Waals surface area (Å²) in [6, 6.07) is 14.5. The molecule has 2 aliphatic carbocycles. The molecule has 3 amide bonds. The molecule has 3 fully saturated rings. The lowest BCUT2D eigenvalue weighted by atomic mass is 9.69. The van der Waals surface area contributed by atoms with Crippen LogP contribution in [0.2, 0.25) is 0 Å². The molecule has 388 valence electrons. The van der Waals surface area contributed by atoms with Crippen molar-refractivity contribution < 1.29 is 33.4 Å². The summed E-state index contributed by atoms with van der Waals surface area (Å²) >= 11 is 6.44. The SMILES string of the molecule is CC(C)OC(=O)c1ccc([C@@H](CCC(C)(C)C)N2C(=O)C(=O)NC23CCC(C(C)(C)C)CC3)cc1.CC(C)OC(=O)c1ccc([C@@H](CCC(C)(C)C)N2C(=O)C(Cl)=NC23CCC(C(C)(C)C)CC3)cc1. The summed E-state index contributed by atoms with van der Waals surface area (Å²) in [6.07, 6.45) is 10.2. The van der Waals surface area contributed by atoms with E-state index in [-0.39, 0.29) is 69.0 Å². The third-order valence-electron chi connectivity index (χ3n) is 15.1. The average molecular weight is 988 g/mol. The van der Waals surface area contributed by atoms with Crippen molar-refractivity contribution in [1.29, 1.82) is 0 Å². The molecule has 0 unspecified atom stereocenters. The molecular formula is C58H87ClN4O7. The molecule has 2 spiro atoms. The van der Waals surface area contributed by atoms with E-state index in [1.54, 1.807) is 24.3 Å². The van der Waals surface area contributed by atoms with Crippen LogP contribution in [0.5, 0.6) is 0 Å². The van der Waals surface area contributed by atoms with E-state index in [1.807, 2.05) is 61.8 Å². The third kappa shape index (κ3) is 14.0. The summed E-state index contributed by atoms with van der Waals surface area (Å²) in [5.74, 6) is -0.662. The summed E-state index contributed by atoms with van der Waals surface area (Å²) in [5, 5.41) is 3.20. The van der Waals surface area contributed by atoms with Crippen molar-refractivity contribution in [3.05, 3.63) is 70.8 Å². The van der Waals surface area contributed by atoms with Crippen molar-refractivity contribution in [3.63, 3.8) is 0 Å². The summed E-state index contributed by atoms with van der Waals surface area (Å²) in [5.41, 5.74) is 2.33. The van der Waals surface area contributed by atoms with Gasteiger partial charge in [0.15, 0.2) is 5.17 Å². The highest BCUT2D eigenvalue weighted by Gasteiger charge is 2.55. The van der Waals surface area contributed by atoms with Crippen molar-refractivity contribution in [1.82, 2.24) is 15.1 Å². The highest BCUT2D eigenvalue weighted by molar-refractivity contribution is 6.83. The van der Waals surface area contributed by atoms with Gasteiger partial charge in [0.25, 0.3) is 5.91 Å². The average Bonchev–Trinajstić information content (AvgIpc) is 3.62. The summed E-state index contributed by atoms with van der Waals surface area (Å²) in [4.78, 5) is 72.9. The largest absolute Gasteiger partial charge is 0.459 e. The van der Waals surface area contributed by atoms with Gasteiger partial charge in [-0.15, -0.1) is 0 Å². The number of ether oxygens (including phenoxy) is 2. The van der Waals surface area contributed by atoms with Crippen LogP contribution in [0.25, 0.3) is 0 Å². The number of hydrogen-bond acceptors (Lipinski definition) is 8. The van der Waals surface area contributed by atoms with Crippen LogP contribution in [-0.2, 0) is 23.9 Å². The van der Waals surface area contributed by atoms with Gasteiger partial charge in [-0.05, 0) is 174 Å². The number of carbonyl (C=O) groups is 5. The number of aliphatic imine (C=N–C) groups is 1. The van der Waals surface area contributed by atoms with Gasteiger partial charge in [-0.1, -0.05) is 119 Å². The molecule has 12 heteroatoms. The molecular weight excluding hydrogens is 900 g/mol. The first-order valence-electron chi connectivity index (χ1n) is 26.1. The molecule has 2 atom stereocenters. The predicted octanol–water partition coefficient (Wildman–Crippen LogP) is 13.5. The lowest BCUT2D eigenvalue weighted by Crippen LogP contribution is -2.56. The maximum atomic E-state index is 13.5. The molecule has 0 radical (unpaired) electrons. The van der Waals surface area contributed by atoms with E-state index in [0.29, 0.717) is 23.0 Å². The highest BCUT2D eigenvalue weighted by Crippen LogP contribution is 2.51. The minimum Gasteiger partial charge on any atom is -0.459 e. The molecule has 0 bridgehead atoms. The van der Waals surface area contributed by atoms with Crippen molar-refractivity contribution in [2.75, 3.05) is 0 Å². The molecule has 2 aliphatic heterocycles. The lowest BCUT2D eigenvalue weighted by molar-refractivity contribution is -0.144. The normalized spacial score (nSPS) is 24.2. The number of esters is 2. The minimum absolute atomic E-state index is 0.0799. The van der Waals surface area contributed by atoms with Crippen molar-refractivity contribution in [2.45, 2.75) is 223 Å². The summed E-state index contributed by atoms with van der Waals surface area (Å²) in [7, 11) is 0. The van der Waals surface area contributed by atoms with E-state index in [0.717, 1.165) is 88.2 Å². The number of amides is 3. The van der Waals surface area contributed by atoms with Crippen LogP contribution in [0.3, 0.4) is 0 Å². The van der Waals surface area contributed by atoms with E-state index in [2.05, 4.69) is 88.4 Å². The van der Waals surface area contributed by atoms with Crippen LogP contribution in [-0.4, -0.2) is 68.2 Å². The van der Waals surface area contributed by atoms with Gasteiger partial charge < -0.3 is 24.6 Å². The Hall–Kier alpha value is -4.25. The number of benzene rings is 2. The smallest absolute Gasteiger partial charge is 0.338 e. The van der Waals surface area contributed by atoms with Gasteiger partial charge >= 0.3 is 23.8 Å². The maximum absolute atomic E-state index is 13.5. The Kier molecular flexibility index (Phi) is 17.7. The fraction of sp³-hybridized carbons (Fsp3) is 0.690. The van der Waals surface area contributed by atoms with Crippen LogP contribution in [0, 0.1) is 33.5 Å². The Balaban J connectivity index is 0.000000261. The van der Waals surface area contributed by atoms with E-state index < -0.39 is 23.1 Å². The van der Waals surface area contributed by atoms with Crippen LogP contribution >= 0.6 is 11.6 Å². The van der Waals surface area contributed by atoms with Gasteiger partial charge in [-0.25, -0.2) is 14.6 Å². The number of hydrogen-bond donors (Lipinski definition) is 1. The zero-order valence-electron chi connectivity index (χ0n) is 45.6. The van der Waals surface area contributed by atoms with Crippen LogP contribution < -0.4 is 5.32 Å². The van der Waals surface area contributed by atoms with E-state index in [1.165, 1.54) is 0 Å². The first kappa shape index (κ1) is 56.7. The molecule has 2 aromatic carbocycles. The lowest BCUT2D eigenvalue weighted by Gasteiger charge is -2.48. The standard InChI is InChI=1S/C29H43ClN2O3.C29H44N2O4/c1-19(2)35-26(34)21-11-9-20(10-12-21)23(15-16-27(3,4)5)32-25(33)24(30)31-29(32)17-13-22(14-18-29)28(6,7)8;1-19(2)35-26(34)21-11-9-20(10-12-21)23(15-16-27(3,4)5)31-25(33)24(32)30-29(31)17-13-22(14-18-29)28(6,7)8/h9-12,19,22-23H,13-18H2,1-8H3;9-12,19,22-23H,13-18H2,1-8H3,(H,30,32)/t2*22?,23-,29?/m11/s1. The highest BCUT2D eigenvalue weighted by atomic mass is 35.5. The van der Waals surface area contributed by atoms with Gasteiger partial charge in [0.1, 0.15) is 11.3 Å². The van der Waals surface area contributed by atoms with E-state index >= 15 is 0 Å². The maximum Gasteiger partial charge on any atom is 0.338 e. The fourth-order valence-electron chi connectivity index (χ4n) is 11.0. The molecule has 2 aromatic rings. The molecule has 6 rings (SSSR count). The molecule has 2 heterocycles. The van der Waals surface area contributed by atoms with Gasteiger partial charge in [0.2, 0.25) is 0 Å². The van der Waals surface area contributed by atoms with Crippen LogP contribution in [0.4, 0.5) is 0 Å².